The molecule has 1 rings (SSSR count). The first-order chi connectivity index (χ1) is 8.60. The normalized spacial score (nSPS) is 23.7. The smallest absolute Gasteiger partial charge is 0.162 e. The fourth-order valence-electron chi connectivity index (χ4n) is 2.68. The fourth-order valence-corrected chi connectivity index (χ4v) is 2.68. The van der Waals surface area contributed by atoms with E-state index >= 15 is 0 Å². The molecule has 0 aromatic carbocycles. The molecular weight excluding hydrogens is 224 g/mol. The first kappa shape index (κ1) is 14.8. The van der Waals surface area contributed by atoms with Crippen LogP contribution in [0, 0.1) is 30.1 Å². The van der Waals surface area contributed by atoms with Crippen molar-refractivity contribution in [1.82, 2.24) is 0 Å². The molecule has 0 spiro atoms. The minimum atomic E-state index is 0.127. The van der Waals surface area contributed by atoms with Crippen LogP contribution >= 0.6 is 0 Å². The van der Waals surface area contributed by atoms with Gasteiger partial charge in [-0.25, -0.2) is 0 Å². The van der Waals surface area contributed by atoms with Crippen molar-refractivity contribution in [3.63, 3.8) is 0 Å². The second-order valence-electron chi connectivity index (χ2n) is 5.26. The van der Waals surface area contributed by atoms with Crippen LogP contribution < -0.4 is 0 Å². The van der Waals surface area contributed by atoms with Crippen molar-refractivity contribution in [1.29, 1.82) is 0 Å². The lowest BCUT2D eigenvalue weighted by Crippen LogP contribution is -2.31. The first-order valence-corrected chi connectivity index (χ1v) is 6.90. The summed E-state index contributed by atoms with van der Waals surface area (Å²) in [6.45, 7) is 6.95. The fraction of sp³-hybridized carbons (Fsp3) is 0.688. The molecule has 1 aliphatic rings. The van der Waals surface area contributed by atoms with E-state index in [-0.39, 0.29) is 11.7 Å². The highest BCUT2D eigenvalue weighted by molar-refractivity contribution is 5.93. The molecule has 0 aromatic heterocycles. The van der Waals surface area contributed by atoms with E-state index in [4.69, 9.17) is 11.2 Å². The Morgan fingerprint density at radius 3 is 2.83 bits per heavy atom. The predicted octanol–water partition coefficient (Wildman–Crippen LogP) is 3.57. The Labute approximate surface area is 111 Å². The van der Waals surface area contributed by atoms with Gasteiger partial charge < -0.3 is 4.74 Å². The Hall–Kier alpha value is -1.23. The van der Waals surface area contributed by atoms with Crippen LogP contribution in [0.3, 0.4) is 0 Å². The quantitative estimate of drug-likeness (QED) is 0.530. The molecule has 0 heterocycles. The van der Waals surface area contributed by atoms with Crippen LogP contribution in [0.1, 0.15) is 46.5 Å². The van der Waals surface area contributed by atoms with E-state index in [0.29, 0.717) is 18.4 Å². The number of hydrogen-bond acceptors (Lipinski definition) is 2. The Morgan fingerprint density at radius 2 is 2.28 bits per heavy atom. The second-order valence-corrected chi connectivity index (χ2v) is 5.26. The van der Waals surface area contributed by atoms with Crippen molar-refractivity contribution in [2.24, 2.45) is 17.8 Å². The molecule has 0 saturated heterocycles. The molecule has 2 atom stereocenters. The summed E-state index contributed by atoms with van der Waals surface area (Å²) in [6.07, 6.45) is 10.5. The highest BCUT2D eigenvalue weighted by Gasteiger charge is 2.34. The van der Waals surface area contributed by atoms with Crippen LogP contribution in [0.2, 0.25) is 0 Å². The van der Waals surface area contributed by atoms with Crippen LogP contribution in [0.15, 0.2) is 11.8 Å². The van der Waals surface area contributed by atoms with Crippen LogP contribution in [0.25, 0.3) is 0 Å². The number of rotatable bonds is 6. The summed E-state index contributed by atoms with van der Waals surface area (Å²) in [4.78, 5) is 12.2. The molecule has 0 bridgehead atoms. The summed E-state index contributed by atoms with van der Waals surface area (Å²) < 4.78 is 5.52. The Kier molecular flexibility index (Phi) is 5.98. The number of terminal acetylenes is 1. The second kappa shape index (κ2) is 7.26. The van der Waals surface area contributed by atoms with Crippen molar-refractivity contribution in [3.8, 4) is 12.3 Å². The summed E-state index contributed by atoms with van der Waals surface area (Å²) >= 11 is 0. The molecule has 18 heavy (non-hydrogen) atoms. The number of carbonyl (C=O) groups is 1. The molecule has 2 nitrogen and oxygen atoms in total. The average molecular weight is 248 g/mol. The molecule has 100 valence electrons. The first-order valence-electron chi connectivity index (χ1n) is 6.90. The lowest BCUT2D eigenvalue weighted by molar-refractivity contribution is -0.122. The standard InChI is InChI=1S/C16H24O2/c1-5-7-8-9-14-15(12(3)4)10-13(18-6-2)11-16(14)17/h1,11-12,14-15H,6-10H2,2-4H3. The minimum absolute atomic E-state index is 0.127. The van der Waals surface area contributed by atoms with E-state index in [1.54, 1.807) is 6.08 Å². The summed E-state index contributed by atoms with van der Waals surface area (Å²) in [5, 5.41) is 0. The molecule has 0 amide bonds. The maximum absolute atomic E-state index is 12.2. The lowest BCUT2D eigenvalue weighted by Gasteiger charge is -2.32. The number of hydrogen-bond donors (Lipinski definition) is 0. The van der Waals surface area contributed by atoms with Gasteiger partial charge in [0.15, 0.2) is 5.78 Å². The number of carbonyl (C=O) groups excluding carboxylic acids is 1. The van der Waals surface area contributed by atoms with Gasteiger partial charge in [-0.05, 0) is 31.6 Å². The van der Waals surface area contributed by atoms with Crippen LogP contribution in [-0.4, -0.2) is 12.4 Å². The molecule has 0 saturated carbocycles. The van der Waals surface area contributed by atoms with Crippen molar-refractivity contribution in [2.45, 2.75) is 46.5 Å². The van der Waals surface area contributed by atoms with Crippen molar-refractivity contribution < 1.29 is 9.53 Å². The monoisotopic (exact) mass is 248 g/mol. The zero-order valence-corrected chi connectivity index (χ0v) is 11.7. The van der Waals surface area contributed by atoms with Gasteiger partial charge in [0.05, 0.1) is 12.4 Å². The molecular formula is C16H24O2. The third kappa shape index (κ3) is 3.91. The van der Waals surface area contributed by atoms with Gasteiger partial charge in [0.2, 0.25) is 0 Å². The van der Waals surface area contributed by atoms with Gasteiger partial charge in [0, 0.05) is 24.8 Å². The number of allylic oxidation sites excluding steroid dienone is 2. The Morgan fingerprint density at radius 1 is 1.56 bits per heavy atom. The van der Waals surface area contributed by atoms with Crippen LogP contribution in [-0.2, 0) is 9.53 Å². The lowest BCUT2D eigenvalue weighted by atomic mass is 9.73. The van der Waals surface area contributed by atoms with Gasteiger partial charge in [-0.3, -0.25) is 4.79 Å². The highest BCUT2D eigenvalue weighted by atomic mass is 16.5. The summed E-state index contributed by atoms with van der Waals surface area (Å²) in [5.41, 5.74) is 0. The molecule has 0 radical (unpaired) electrons. The molecule has 0 N–H and O–H groups in total. The molecule has 2 unspecified atom stereocenters. The average Bonchev–Trinajstić information content (AvgIpc) is 2.31. The zero-order chi connectivity index (χ0) is 13.5. The van der Waals surface area contributed by atoms with E-state index in [1.165, 1.54) is 0 Å². The van der Waals surface area contributed by atoms with Crippen LogP contribution in [0.4, 0.5) is 0 Å². The maximum Gasteiger partial charge on any atom is 0.162 e. The van der Waals surface area contributed by atoms with Crippen molar-refractivity contribution >= 4 is 5.78 Å². The minimum Gasteiger partial charge on any atom is -0.498 e. The van der Waals surface area contributed by atoms with E-state index in [1.807, 2.05) is 6.92 Å². The van der Waals surface area contributed by atoms with Gasteiger partial charge in [0.25, 0.3) is 0 Å². The maximum atomic E-state index is 12.2. The van der Waals surface area contributed by atoms with Gasteiger partial charge in [-0.15, -0.1) is 12.3 Å². The molecule has 2 heteroatoms. The van der Waals surface area contributed by atoms with Crippen molar-refractivity contribution in [3.05, 3.63) is 11.8 Å². The van der Waals surface area contributed by atoms with Gasteiger partial charge in [-0.1, -0.05) is 13.8 Å². The van der Waals surface area contributed by atoms with Crippen LogP contribution in [0.5, 0.6) is 0 Å². The Balaban J connectivity index is 2.74. The summed E-state index contributed by atoms with van der Waals surface area (Å²) in [6, 6.07) is 0. The highest BCUT2D eigenvalue weighted by Crippen LogP contribution is 2.36. The third-order valence-electron chi connectivity index (χ3n) is 3.64. The Bertz CT molecular complexity index is 347. The van der Waals surface area contributed by atoms with E-state index in [2.05, 4.69) is 19.8 Å². The zero-order valence-electron chi connectivity index (χ0n) is 11.7. The number of unbranched alkanes of at least 4 members (excludes halogenated alkanes) is 1. The van der Waals surface area contributed by atoms with Gasteiger partial charge in [-0.2, -0.15) is 0 Å². The molecule has 0 aromatic rings. The molecule has 1 aliphatic carbocycles. The molecule has 0 aliphatic heterocycles. The largest absolute Gasteiger partial charge is 0.498 e. The van der Waals surface area contributed by atoms with E-state index < -0.39 is 0 Å². The third-order valence-corrected chi connectivity index (χ3v) is 3.64. The predicted molar refractivity (Wildman–Crippen MR) is 73.8 cm³/mol. The summed E-state index contributed by atoms with van der Waals surface area (Å²) in [5.74, 6) is 4.73. The number of ketones is 1. The van der Waals surface area contributed by atoms with Gasteiger partial charge >= 0.3 is 0 Å². The van der Waals surface area contributed by atoms with Gasteiger partial charge in [0.1, 0.15) is 0 Å². The van der Waals surface area contributed by atoms with E-state index in [9.17, 15) is 4.79 Å². The van der Waals surface area contributed by atoms with Crippen molar-refractivity contribution in [2.75, 3.05) is 6.61 Å². The molecule has 0 fully saturated rings. The van der Waals surface area contributed by atoms with E-state index in [0.717, 1.165) is 31.4 Å². The number of ether oxygens (including phenoxy) is 1. The topological polar surface area (TPSA) is 26.3 Å². The SMILES string of the molecule is C#CCCCC1C(=O)C=C(OCC)CC1C(C)C. The summed E-state index contributed by atoms with van der Waals surface area (Å²) in [7, 11) is 0.